The SMILES string of the molecule is CN(Cc1ccncc1)C(=Nc1ccccc1)NN. The number of guanidine groups is 1. The molecule has 2 rings (SSSR count). The van der Waals surface area contributed by atoms with E-state index in [9.17, 15) is 0 Å². The van der Waals surface area contributed by atoms with Crippen molar-refractivity contribution in [2.24, 2.45) is 10.8 Å². The fraction of sp³-hybridized carbons (Fsp3) is 0.143. The summed E-state index contributed by atoms with van der Waals surface area (Å²) < 4.78 is 0. The highest BCUT2D eigenvalue weighted by Crippen LogP contribution is 2.11. The second kappa shape index (κ2) is 6.51. The van der Waals surface area contributed by atoms with Crippen LogP contribution in [0.15, 0.2) is 59.9 Å². The molecule has 1 aromatic heterocycles. The molecule has 0 amide bonds. The van der Waals surface area contributed by atoms with E-state index in [2.05, 4.69) is 15.4 Å². The summed E-state index contributed by atoms with van der Waals surface area (Å²) in [6, 6.07) is 13.6. The summed E-state index contributed by atoms with van der Waals surface area (Å²) in [7, 11) is 1.93. The molecule has 0 saturated heterocycles. The molecule has 0 saturated carbocycles. The molecule has 3 N–H and O–H groups in total. The molecule has 5 nitrogen and oxygen atoms in total. The molecule has 1 aromatic carbocycles. The van der Waals surface area contributed by atoms with Gasteiger partial charge in [-0.1, -0.05) is 18.2 Å². The maximum atomic E-state index is 5.54. The van der Waals surface area contributed by atoms with Gasteiger partial charge in [0.1, 0.15) is 0 Å². The summed E-state index contributed by atoms with van der Waals surface area (Å²) in [5.74, 6) is 6.15. The standard InChI is InChI=1S/C14H17N5/c1-19(11-12-7-9-16-10-8-12)14(18-15)17-13-5-3-2-4-6-13/h2-10H,11,15H2,1H3,(H,17,18). The molecule has 0 aliphatic heterocycles. The lowest BCUT2D eigenvalue weighted by molar-refractivity contribution is 0.480. The van der Waals surface area contributed by atoms with Crippen LogP contribution in [0, 0.1) is 0 Å². The molecule has 0 unspecified atom stereocenters. The molecule has 0 bridgehead atoms. The molecular weight excluding hydrogens is 238 g/mol. The Balaban J connectivity index is 2.11. The van der Waals surface area contributed by atoms with Crippen molar-refractivity contribution in [3.05, 3.63) is 60.4 Å². The number of hydrogen-bond acceptors (Lipinski definition) is 3. The van der Waals surface area contributed by atoms with Gasteiger partial charge in [0.15, 0.2) is 0 Å². The molecular formula is C14H17N5. The van der Waals surface area contributed by atoms with Crippen molar-refractivity contribution >= 4 is 11.6 Å². The van der Waals surface area contributed by atoms with Crippen LogP contribution in [0.2, 0.25) is 0 Å². The first-order chi connectivity index (χ1) is 9.29. The third kappa shape index (κ3) is 3.79. The molecule has 5 heteroatoms. The van der Waals surface area contributed by atoms with E-state index in [0.29, 0.717) is 12.5 Å². The van der Waals surface area contributed by atoms with Crippen LogP contribution in [0.4, 0.5) is 5.69 Å². The van der Waals surface area contributed by atoms with Crippen LogP contribution in [0.3, 0.4) is 0 Å². The molecule has 0 radical (unpaired) electrons. The fourth-order valence-electron chi connectivity index (χ4n) is 1.69. The molecule has 0 fully saturated rings. The van der Waals surface area contributed by atoms with Gasteiger partial charge in [0.2, 0.25) is 5.96 Å². The van der Waals surface area contributed by atoms with E-state index < -0.39 is 0 Å². The van der Waals surface area contributed by atoms with Crippen LogP contribution < -0.4 is 11.3 Å². The Morgan fingerprint density at radius 1 is 1.21 bits per heavy atom. The number of nitrogens with two attached hydrogens (primary N) is 1. The van der Waals surface area contributed by atoms with Gasteiger partial charge in [-0.2, -0.15) is 0 Å². The van der Waals surface area contributed by atoms with Crippen molar-refractivity contribution < 1.29 is 0 Å². The van der Waals surface area contributed by atoms with Gasteiger partial charge in [-0.3, -0.25) is 10.4 Å². The topological polar surface area (TPSA) is 66.5 Å². The van der Waals surface area contributed by atoms with Crippen molar-refractivity contribution in [3.8, 4) is 0 Å². The maximum absolute atomic E-state index is 5.54. The first kappa shape index (κ1) is 13.0. The zero-order valence-corrected chi connectivity index (χ0v) is 10.8. The maximum Gasteiger partial charge on any atom is 0.213 e. The number of rotatable bonds is 3. The van der Waals surface area contributed by atoms with E-state index in [1.807, 2.05) is 54.4 Å². The summed E-state index contributed by atoms with van der Waals surface area (Å²) in [5, 5.41) is 0. The van der Waals surface area contributed by atoms with Gasteiger partial charge in [-0.25, -0.2) is 10.8 Å². The van der Waals surface area contributed by atoms with Gasteiger partial charge < -0.3 is 4.90 Å². The van der Waals surface area contributed by atoms with Crippen molar-refractivity contribution in [2.45, 2.75) is 6.54 Å². The number of para-hydroxylation sites is 1. The summed E-state index contributed by atoms with van der Waals surface area (Å²) in [4.78, 5) is 10.4. The fourth-order valence-corrected chi connectivity index (χ4v) is 1.69. The Morgan fingerprint density at radius 2 is 1.89 bits per heavy atom. The largest absolute Gasteiger partial charge is 0.340 e. The smallest absolute Gasteiger partial charge is 0.213 e. The average molecular weight is 255 g/mol. The second-order valence-corrected chi connectivity index (χ2v) is 4.13. The lowest BCUT2D eigenvalue weighted by atomic mass is 10.2. The zero-order valence-electron chi connectivity index (χ0n) is 10.8. The summed E-state index contributed by atoms with van der Waals surface area (Å²) in [6.45, 7) is 0.707. The highest BCUT2D eigenvalue weighted by molar-refractivity contribution is 5.81. The average Bonchev–Trinajstić information content (AvgIpc) is 2.47. The Kier molecular flexibility index (Phi) is 4.47. The number of pyridine rings is 1. The van der Waals surface area contributed by atoms with E-state index in [0.717, 1.165) is 11.3 Å². The van der Waals surface area contributed by atoms with Crippen LogP contribution in [-0.2, 0) is 6.54 Å². The monoisotopic (exact) mass is 255 g/mol. The number of benzene rings is 1. The number of nitrogens with zero attached hydrogens (tertiary/aromatic N) is 3. The number of nitrogens with one attached hydrogen (secondary N) is 1. The van der Waals surface area contributed by atoms with E-state index in [4.69, 9.17) is 5.84 Å². The summed E-state index contributed by atoms with van der Waals surface area (Å²) in [5.41, 5.74) is 4.64. The minimum Gasteiger partial charge on any atom is -0.340 e. The molecule has 98 valence electrons. The molecule has 0 aliphatic rings. The van der Waals surface area contributed by atoms with Gasteiger partial charge in [-0.05, 0) is 29.8 Å². The molecule has 0 atom stereocenters. The van der Waals surface area contributed by atoms with Crippen LogP contribution in [0.5, 0.6) is 0 Å². The Hall–Kier alpha value is -2.40. The minimum absolute atomic E-state index is 0.614. The summed E-state index contributed by atoms with van der Waals surface area (Å²) >= 11 is 0. The van der Waals surface area contributed by atoms with Gasteiger partial charge in [-0.15, -0.1) is 0 Å². The number of aliphatic imine (C=N–C) groups is 1. The number of hydrogen-bond donors (Lipinski definition) is 2. The highest BCUT2D eigenvalue weighted by atomic mass is 15.4. The van der Waals surface area contributed by atoms with Crippen LogP contribution >= 0.6 is 0 Å². The van der Waals surface area contributed by atoms with Gasteiger partial charge in [0, 0.05) is 26.0 Å². The normalized spacial score (nSPS) is 11.2. The third-order valence-corrected chi connectivity index (χ3v) is 2.65. The molecule has 0 spiro atoms. The number of hydrazine groups is 1. The lowest BCUT2D eigenvalue weighted by Gasteiger charge is -2.20. The highest BCUT2D eigenvalue weighted by Gasteiger charge is 2.05. The zero-order chi connectivity index (χ0) is 13.5. The van der Waals surface area contributed by atoms with Gasteiger partial charge in [0.05, 0.1) is 5.69 Å². The quantitative estimate of drug-likeness (QED) is 0.379. The van der Waals surface area contributed by atoms with Crippen LogP contribution in [-0.4, -0.2) is 22.9 Å². The first-order valence-electron chi connectivity index (χ1n) is 6.00. The van der Waals surface area contributed by atoms with Crippen LogP contribution in [0.25, 0.3) is 0 Å². The predicted molar refractivity (Wildman–Crippen MR) is 76.6 cm³/mol. The van der Waals surface area contributed by atoms with E-state index >= 15 is 0 Å². The van der Waals surface area contributed by atoms with E-state index in [-0.39, 0.29) is 0 Å². The third-order valence-electron chi connectivity index (χ3n) is 2.65. The van der Waals surface area contributed by atoms with Crippen molar-refractivity contribution in [1.29, 1.82) is 0 Å². The van der Waals surface area contributed by atoms with E-state index in [1.165, 1.54) is 0 Å². The lowest BCUT2D eigenvalue weighted by Crippen LogP contribution is -2.42. The molecule has 1 heterocycles. The second-order valence-electron chi connectivity index (χ2n) is 4.13. The van der Waals surface area contributed by atoms with Crippen LogP contribution in [0.1, 0.15) is 5.56 Å². The minimum atomic E-state index is 0.614. The molecule has 19 heavy (non-hydrogen) atoms. The Bertz CT molecular complexity index is 524. The van der Waals surface area contributed by atoms with Crippen molar-refractivity contribution in [1.82, 2.24) is 15.3 Å². The molecule has 0 aliphatic carbocycles. The first-order valence-corrected chi connectivity index (χ1v) is 6.00. The van der Waals surface area contributed by atoms with E-state index in [1.54, 1.807) is 12.4 Å². The molecule has 2 aromatic rings. The van der Waals surface area contributed by atoms with Gasteiger partial charge in [0.25, 0.3) is 0 Å². The Morgan fingerprint density at radius 3 is 2.53 bits per heavy atom. The Labute approximate surface area is 112 Å². The van der Waals surface area contributed by atoms with Gasteiger partial charge >= 0.3 is 0 Å². The van der Waals surface area contributed by atoms with Crippen molar-refractivity contribution in [3.63, 3.8) is 0 Å². The number of aromatic nitrogens is 1. The van der Waals surface area contributed by atoms with Crippen molar-refractivity contribution in [2.75, 3.05) is 7.05 Å². The summed E-state index contributed by atoms with van der Waals surface area (Å²) in [6.07, 6.45) is 3.54. The predicted octanol–water partition coefficient (Wildman–Crippen LogP) is 1.66.